The Labute approximate surface area is 106 Å². The number of aliphatic hydroxyl groups is 1. The van der Waals surface area contributed by atoms with Gasteiger partial charge in [0, 0.05) is 36.7 Å². The number of nitrogens with two attached hydrogens (primary N) is 1. The van der Waals surface area contributed by atoms with Crippen molar-refractivity contribution in [2.45, 2.75) is 19.3 Å². The standard InChI is InChI=1S/C14H15N3O/c15-12-2-1-11-9-17(14(18)13(11)7-12)8-10-3-5-16-6-4-10/h1-7,14,18H,8-9,15H2. The van der Waals surface area contributed by atoms with E-state index in [0.29, 0.717) is 12.2 Å². The van der Waals surface area contributed by atoms with E-state index >= 15 is 0 Å². The molecular formula is C14H15N3O. The third-order valence-electron chi connectivity index (χ3n) is 3.30. The molecule has 2 aromatic rings. The van der Waals surface area contributed by atoms with Crippen LogP contribution in [0.4, 0.5) is 5.69 Å². The highest BCUT2D eigenvalue weighted by molar-refractivity contribution is 5.47. The minimum Gasteiger partial charge on any atom is -0.399 e. The van der Waals surface area contributed by atoms with E-state index in [0.717, 1.165) is 23.2 Å². The van der Waals surface area contributed by atoms with Gasteiger partial charge in [0.2, 0.25) is 0 Å². The normalized spacial score (nSPS) is 18.8. The van der Waals surface area contributed by atoms with Crippen molar-refractivity contribution in [3.05, 3.63) is 59.4 Å². The first-order chi connectivity index (χ1) is 8.74. The van der Waals surface area contributed by atoms with E-state index in [1.165, 1.54) is 0 Å². The van der Waals surface area contributed by atoms with Gasteiger partial charge in [-0.2, -0.15) is 0 Å². The molecule has 0 saturated carbocycles. The van der Waals surface area contributed by atoms with Gasteiger partial charge in [-0.1, -0.05) is 6.07 Å². The van der Waals surface area contributed by atoms with Gasteiger partial charge >= 0.3 is 0 Å². The number of nitrogens with zero attached hydrogens (tertiary/aromatic N) is 2. The molecule has 1 unspecified atom stereocenters. The number of benzene rings is 1. The Hall–Kier alpha value is -1.91. The van der Waals surface area contributed by atoms with Crippen LogP contribution in [0.3, 0.4) is 0 Å². The lowest BCUT2D eigenvalue weighted by molar-refractivity contribution is 0.00770. The first-order valence-corrected chi connectivity index (χ1v) is 5.93. The average molecular weight is 241 g/mol. The van der Waals surface area contributed by atoms with Crippen LogP contribution in [0.1, 0.15) is 22.9 Å². The van der Waals surface area contributed by atoms with Crippen molar-refractivity contribution in [2.75, 3.05) is 5.73 Å². The van der Waals surface area contributed by atoms with Crippen LogP contribution in [-0.4, -0.2) is 15.0 Å². The van der Waals surface area contributed by atoms with Gasteiger partial charge in [0.1, 0.15) is 6.23 Å². The summed E-state index contributed by atoms with van der Waals surface area (Å²) in [6.45, 7) is 1.46. The van der Waals surface area contributed by atoms with E-state index < -0.39 is 6.23 Å². The molecule has 4 heteroatoms. The summed E-state index contributed by atoms with van der Waals surface area (Å²) in [5, 5.41) is 10.3. The molecule has 0 fully saturated rings. The van der Waals surface area contributed by atoms with Crippen LogP contribution >= 0.6 is 0 Å². The van der Waals surface area contributed by atoms with Crippen LogP contribution in [0.15, 0.2) is 42.7 Å². The van der Waals surface area contributed by atoms with Gasteiger partial charge in [-0.05, 0) is 35.4 Å². The molecule has 0 radical (unpaired) electrons. The number of aromatic nitrogens is 1. The predicted octanol–water partition coefficient (Wildman–Crippen LogP) is 1.67. The number of fused-ring (bicyclic) bond motifs is 1. The molecule has 1 aliphatic rings. The quantitative estimate of drug-likeness (QED) is 0.785. The van der Waals surface area contributed by atoms with Crippen molar-refractivity contribution in [3.63, 3.8) is 0 Å². The summed E-state index contributed by atoms with van der Waals surface area (Å²) in [6, 6.07) is 9.64. The summed E-state index contributed by atoms with van der Waals surface area (Å²) in [5.74, 6) is 0. The molecule has 18 heavy (non-hydrogen) atoms. The second-order valence-corrected chi connectivity index (χ2v) is 4.59. The van der Waals surface area contributed by atoms with Crippen molar-refractivity contribution in [1.29, 1.82) is 0 Å². The lowest BCUT2D eigenvalue weighted by Gasteiger charge is -2.20. The van der Waals surface area contributed by atoms with Crippen LogP contribution < -0.4 is 5.73 Å². The fourth-order valence-electron chi connectivity index (χ4n) is 2.36. The Morgan fingerprint density at radius 2 is 2.06 bits per heavy atom. The van der Waals surface area contributed by atoms with Crippen molar-refractivity contribution in [3.8, 4) is 0 Å². The number of pyridine rings is 1. The first-order valence-electron chi connectivity index (χ1n) is 5.93. The smallest absolute Gasteiger partial charge is 0.134 e. The molecule has 2 heterocycles. The van der Waals surface area contributed by atoms with E-state index in [-0.39, 0.29) is 0 Å². The van der Waals surface area contributed by atoms with Gasteiger partial charge < -0.3 is 10.8 Å². The van der Waals surface area contributed by atoms with Crippen LogP contribution in [0.2, 0.25) is 0 Å². The van der Waals surface area contributed by atoms with Gasteiger partial charge in [-0.15, -0.1) is 0 Å². The van der Waals surface area contributed by atoms with Crippen LogP contribution in [-0.2, 0) is 13.1 Å². The first kappa shape index (κ1) is 11.2. The molecule has 1 aromatic carbocycles. The number of nitrogen functional groups attached to an aromatic ring is 1. The predicted molar refractivity (Wildman–Crippen MR) is 69.3 cm³/mol. The summed E-state index contributed by atoms with van der Waals surface area (Å²) < 4.78 is 0. The zero-order valence-electron chi connectivity index (χ0n) is 9.95. The lowest BCUT2D eigenvalue weighted by atomic mass is 10.1. The molecule has 0 spiro atoms. The second-order valence-electron chi connectivity index (χ2n) is 4.59. The van der Waals surface area contributed by atoms with E-state index in [9.17, 15) is 5.11 Å². The van der Waals surface area contributed by atoms with Gasteiger partial charge in [-0.3, -0.25) is 9.88 Å². The average Bonchev–Trinajstić information content (AvgIpc) is 2.68. The molecule has 1 aliphatic heterocycles. The van der Waals surface area contributed by atoms with Crippen LogP contribution in [0.25, 0.3) is 0 Å². The monoisotopic (exact) mass is 241 g/mol. The number of hydrogen-bond donors (Lipinski definition) is 2. The van der Waals surface area contributed by atoms with E-state index in [1.807, 2.05) is 35.2 Å². The van der Waals surface area contributed by atoms with E-state index in [1.54, 1.807) is 12.4 Å². The molecular weight excluding hydrogens is 226 g/mol. The van der Waals surface area contributed by atoms with Crippen molar-refractivity contribution in [1.82, 2.24) is 9.88 Å². The summed E-state index contributed by atoms with van der Waals surface area (Å²) in [5.41, 5.74) is 9.65. The molecule has 1 atom stereocenters. The van der Waals surface area contributed by atoms with Crippen LogP contribution in [0, 0.1) is 0 Å². The van der Waals surface area contributed by atoms with Gasteiger partial charge in [-0.25, -0.2) is 0 Å². The topological polar surface area (TPSA) is 62.4 Å². The zero-order chi connectivity index (χ0) is 12.5. The number of anilines is 1. The number of rotatable bonds is 2. The lowest BCUT2D eigenvalue weighted by Crippen LogP contribution is -2.21. The summed E-state index contributed by atoms with van der Waals surface area (Å²) in [7, 11) is 0. The van der Waals surface area contributed by atoms with Crippen molar-refractivity contribution >= 4 is 5.69 Å². The Bertz CT molecular complexity index is 556. The highest BCUT2D eigenvalue weighted by Crippen LogP contribution is 2.33. The molecule has 0 bridgehead atoms. The Kier molecular flexibility index (Phi) is 2.74. The highest BCUT2D eigenvalue weighted by Gasteiger charge is 2.28. The summed E-state index contributed by atoms with van der Waals surface area (Å²) in [6.07, 6.45) is 2.96. The maximum Gasteiger partial charge on any atom is 0.134 e. The van der Waals surface area contributed by atoms with Crippen molar-refractivity contribution < 1.29 is 5.11 Å². The van der Waals surface area contributed by atoms with Gasteiger partial charge in [0.15, 0.2) is 0 Å². The SMILES string of the molecule is Nc1ccc2c(c1)C(O)N(Cc1ccncc1)C2. The third kappa shape index (κ3) is 1.96. The molecule has 1 aromatic heterocycles. The Balaban J connectivity index is 1.82. The molecule has 3 rings (SSSR count). The van der Waals surface area contributed by atoms with Crippen molar-refractivity contribution in [2.24, 2.45) is 0 Å². The Morgan fingerprint density at radius 3 is 2.83 bits per heavy atom. The van der Waals surface area contributed by atoms with Gasteiger partial charge in [0.05, 0.1) is 0 Å². The highest BCUT2D eigenvalue weighted by atomic mass is 16.3. The fraction of sp³-hybridized carbons (Fsp3) is 0.214. The molecule has 0 aliphatic carbocycles. The number of aliphatic hydroxyl groups excluding tert-OH is 1. The van der Waals surface area contributed by atoms with E-state index in [4.69, 9.17) is 5.73 Å². The molecule has 92 valence electrons. The molecule has 0 amide bonds. The summed E-state index contributed by atoms with van der Waals surface area (Å²) in [4.78, 5) is 6.01. The molecule has 4 nitrogen and oxygen atoms in total. The molecule has 3 N–H and O–H groups in total. The van der Waals surface area contributed by atoms with E-state index in [2.05, 4.69) is 4.98 Å². The minimum absolute atomic E-state index is 0.573. The largest absolute Gasteiger partial charge is 0.399 e. The maximum atomic E-state index is 10.3. The van der Waals surface area contributed by atoms with Gasteiger partial charge in [0.25, 0.3) is 0 Å². The fourth-order valence-corrected chi connectivity index (χ4v) is 2.36. The number of hydrogen-bond acceptors (Lipinski definition) is 4. The van der Waals surface area contributed by atoms with Crippen LogP contribution in [0.5, 0.6) is 0 Å². The second kappa shape index (κ2) is 4.40. The maximum absolute atomic E-state index is 10.3. The minimum atomic E-state index is -0.573. The zero-order valence-corrected chi connectivity index (χ0v) is 9.95. The molecule has 0 saturated heterocycles. The third-order valence-corrected chi connectivity index (χ3v) is 3.30. The summed E-state index contributed by atoms with van der Waals surface area (Å²) >= 11 is 0. The Morgan fingerprint density at radius 1 is 1.28 bits per heavy atom.